The third kappa shape index (κ3) is 2.70. The van der Waals surface area contributed by atoms with Crippen LogP contribution in [-0.4, -0.2) is 30.1 Å². The van der Waals surface area contributed by atoms with E-state index in [0.29, 0.717) is 23.2 Å². The van der Waals surface area contributed by atoms with Crippen LogP contribution in [0.2, 0.25) is 5.02 Å². The van der Waals surface area contributed by atoms with E-state index in [1.54, 1.807) is 6.07 Å². The fraction of sp³-hybridized carbons (Fsp3) is 0.417. The van der Waals surface area contributed by atoms with Crippen molar-refractivity contribution < 1.29 is 5.11 Å². The number of nitrogens with one attached hydrogen (secondary N) is 1. The molecule has 92 valence electrons. The second-order valence-electron chi connectivity index (χ2n) is 4.23. The van der Waals surface area contributed by atoms with E-state index in [2.05, 4.69) is 4.90 Å². The highest BCUT2D eigenvalue weighted by molar-refractivity contribution is 6.34. The number of hydrogen-bond donors (Lipinski definition) is 3. The Morgan fingerprint density at radius 3 is 2.71 bits per heavy atom. The number of anilines is 1. The largest absolute Gasteiger partial charge is 0.395 e. The van der Waals surface area contributed by atoms with Gasteiger partial charge in [-0.15, -0.1) is 0 Å². The van der Waals surface area contributed by atoms with Gasteiger partial charge in [0.1, 0.15) is 5.84 Å². The van der Waals surface area contributed by atoms with Crippen LogP contribution in [0.4, 0.5) is 5.69 Å². The first-order valence-electron chi connectivity index (χ1n) is 5.65. The number of halogens is 1. The van der Waals surface area contributed by atoms with E-state index in [4.69, 9.17) is 27.9 Å². The van der Waals surface area contributed by atoms with Crippen LogP contribution in [0.5, 0.6) is 0 Å². The van der Waals surface area contributed by atoms with Crippen molar-refractivity contribution in [2.75, 3.05) is 18.1 Å². The molecule has 1 aromatic rings. The molecule has 4 nitrogen and oxygen atoms in total. The number of aliphatic hydroxyl groups is 1. The third-order valence-corrected chi connectivity index (χ3v) is 3.22. The zero-order chi connectivity index (χ0) is 12.4. The molecule has 1 fully saturated rings. The van der Waals surface area contributed by atoms with Crippen molar-refractivity contribution in [2.24, 2.45) is 5.73 Å². The molecule has 17 heavy (non-hydrogen) atoms. The quantitative estimate of drug-likeness (QED) is 0.551. The first kappa shape index (κ1) is 12.2. The van der Waals surface area contributed by atoms with Crippen LogP contribution in [0.1, 0.15) is 18.4 Å². The molecule has 0 aliphatic heterocycles. The van der Waals surface area contributed by atoms with Gasteiger partial charge in [0.2, 0.25) is 0 Å². The van der Waals surface area contributed by atoms with Gasteiger partial charge in [-0.3, -0.25) is 5.41 Å². The van der Waals surface area contributed by atoms with Crippen molar-refractivity contribution in [3.63, 3.8) is 0 Å². The minimum absolute atomic E-state index is 0.0262. The Hall–Kier alpha value is -1.26. The molecular weight excluding hydrogens is 238 g/mol. The number of aliphatic hydroxyl groups excluding tert-OH is 1. The standard InChI is InChI=1S/C12H16ClN3O/c13-11-7-9(3-4-10(11)12(14)15)16(5-6-17)8-1-2-8/h3-4,7-8,17H,1-2,5-6H2,(H3,14,15). The van der Waals surface area contributed by atoms with Gasteiger partial charge in [-0.25, -0.2) is 0 Å². The lowest BCUT2D eigenvalue weighted by Gasteiger charge is -2.24. The normalized spacial score (nSPS) is 14.7. The number of rotatable bonds is 5. The second-order valence-corrected chi connectivity index (χ2v) is 4.63. The summed E-state index contributed by atoms with van der Waals surface area (Å²) in [6.07, 6.45) is 2.32. The summed E-state index contributed by atoms with van der Waals surface area (Å²) in [5.74, 6) is -0.0262. The number of nitrogens with two attached hydrogens (primary N) is 1. The molecule has 0 unspecified atom stereocenters. The van der Waals surface area contributed by atoms with Crippen LogP contribution in [0.3, 0.4) is 0 Å². The van der Waals surface area contributed by atoms with Crippen LogP contribution >= 0.6 is 11.6 Å². The van der Waals surface area contributed by atoms with Crippen molar-refractivity contribution in [1.82, 2.24) is 0 Å². The smallest absolute Gasteiger partial charge is 0.124 e. The molecule has 1 aliphatic rings. The van der Waals surface area contributed by atoms with Gasteiger partial charge >= 0.3 is 0 Å². The van der Waals surface area contributed by atoms with Crippen molar-refractivity contribution in [2.45, 2.75) is 18.9 Å². The number of amidine groups is 1. The molecule has 0 heterocycles. The van der Waals surface area contributed by atoms with E-state index < -0.39 is 0 Å². The lowest BCUT2D eigenvalue weighted by atomic mass is 10.1. The number of hydrogen-bond acceptors (Lipinski definition) is 3. The maximum absolute atomic E-state index is 9.06. The maximum atomic E-state index is 9.06. The molecule has 1 aromatic carbocycles. The molecule has 0 atom stereocenters. The van der Waals surface area contributed by atoms with Gasteiger partial charge in [0.05, 0.1) is 11.6 Å². The maximum Gasteiger partial charge on any atom is 0.124 e. The summed E-state index contributed by atoms with van der Waals surface area (Å²) in [4.78, 5) is 2.15. The summed E-state index contributed by atoms with van der Waals surface area (Å²) >= 11 is 6.08. The molecule has 0 amide bonds. The lowest BCUT2D eigenvalue weighted by Crippen LogP contribution is -2.29. The lowest BCUT2D eigenvalue weighted by molar-refractivity contribution is 0.301. The Kier molecular flexibility index (Phi) is 3.54. The van der Waals surface area contributed by atoms with Crippen molar-refractivity contribution in [1.29, 1.82) is 5.41 Å². The molecule has 1 saturated carbocycles. The van der Waals surface area contributed by atoms with Gasteiger partial charge in [0.15, 0.2) is 0 Å². The summed E-state index contributed by atoms with van der Waals surface area (Å²) < 4.78 is 0. The SMILES string of the molecule is N=C(N)c1ccc(N(CCO)C2CC2)cc1Cl. The average Bonchev–Trinajstić information content (AvgIpc) is 3.09. The van der Waals surface area contributed by atoms with Gasteiger partial charge in [-0.1, -0.05) is 11.6 Å². The number of nitrogen functional groups attached to an aromatic ring is 1. The zero-order valence-electron chi connectivity index (χ0n) is 9.49. The van der Waals surface area contributed by atoms with Gasteiger partial charge < -0.3 is 15.7 Å². The Bertz CT molecular complexity index is 432. The van der Waals surface area contributed by atoms with Crippen molar-refractivity contribution in [3.05, 3.63) is 28.8 Å². The predicted octanol–water partition coefficient (Wildman–Crippen LogP) is 1.59. The molecule has 5 heteroatoms. The fourth-order valence-electron chi connectivity index (χ4n) is 1.92. The number of nitrogens with zero attached hydrogens (tertiary/aromatic N) is 1. The van der Waals surface area contributed by atoms with Crippen LogP contribution < -0.4 is 10.6 Å². The highest BCUT2D eigenvalue weighted by Gasteiger charge is 2.29. The molecular formula is C12H16ClN3O. The Balaban J connectivity index is 2.25. The molecule has 1 aliphatic carbocycles. The fourth-order valence-corrected chi connectivity index (χ4v) is 2.19. The molecule has 2 rings (SSSR count). The Morgan fingerprint density at radius 1 is 1.53 bits per heavy atom. The minimum Gasteiger partial charge on any atom is -0.395 e. The molecule has 0 bridgehead atoms. The van der Waals surface area contributed by atoms with E-state index >= 15 is 0 Å². The zero-order valence-corrected chi connectivity index (χ0v) is 10.2. The first-order valence-corrected chi connectivity index (χ1v) is 6.02. The summed E-state index contributed by atoms with van der Waals surface area (Å²) in [6, 6.07) is 5.98. The summed E-state index contributed by atoms with van der Waals surface area (Å²) in [5.41, 5.74) is 6.95. The molecule has 0 saturated heterocycles. The van der Waals surface area contributed by atoms with E-state index in [9.17, 15) is 0 Å². The van der Waals surface area contributed by atoms with Gasteiger partial charge in [0.25, 0.3) is 0 Å². The predicted molar refractivity (Wildman–Crippen MR) is 69.9 cm³/mol. The summed E-state index contributed by atoms with van der Waals surface area (Å²) in [7, 11) is 0. The van der Waals surface area contributed by atoms with Gasteiger partial charge in [-0.05, 0) is 31.0 Å². The van der Waals surface area contributed by atoms with Crippen LogP contribution in [0.25, 0.3) is 0 Å². The van der Waals surface area contributed by atoms with Gasteiger partial charge in [0, 0.05) is 23.8 Å². The van der Waals surface area contributed by atoms with E-state index in [1.165, 1.54) is 0 Å². The van der Waals surface area contributed by atoms with Crippen molar-refractivity contribution in [3.8, 4) is 0 Å². The van der Waals surface area contributed by atoms with E-state index in [-0.39, 0.29) is 12.4 Å². The van der Waals surface area contributed by atoms with E-state index in [0.717, 1.165) is 18.5 Å². The molecule has 4 N–H and O–H groups in total. The third-order valence-electron chi connectivity index (χ3n) is 2.90. The highest BCUT2D eigenvalue weighted by Crippen LogP contribution is 2.33. The van der Waals surface area contributed by atoms with Crippen LogP contribution in [0, 0.1) is 5.41 Å². The molecule has 0 aromatic heterocycles. The average molecular weight is 254 g/mol. The van der Waals surface area contributed by atoms with Crippen LogP contribution in [-0.2, 0) is 0 Å². The number of benzene rings is 1. The topological polar surface area (TPSA) is 73.3 Å². The summed E-state index contributed by atoms with van der Waals surface area (Å²) in [5, 5.41) is 16.9. The highest BCUT2D eigenvalue weighted by atomic mass is 35.5. The Labute approximate surface area is 105 Å². The monoisotopic (exact) mass is 253 g/mol. The summed E-state index contributed by atoms with van der Waals surface area (Å²) in [6.45, 7) is 0.739. The first-order chi connectivity index (χ1) is 8.13. The van der Waals surface area contributed by atoms with Crippen molar-refractivity contribution >= 4 is 23.1 Å². The van der Waals surface area contributed by atoms with Crippen LogP contribution in [0.15, 0.2) is 18.2 Å². The second kappa shape index (κ2) is 4.94. The molecule has 0 spiro atoms. The minimum atomic E-state index is -0.0262. The molecule has 0 radical (unpaired) electrons. The van der Waals surface area contributed by atoms with Gasteiger partial charge in [-0.2, -0.15) is 0 Å². The Morgan fingerprint density at radius 2 is 2.24 bits per heavy atom. The van der Waals surface area contributed by atoms with E-state index in [1.807, 2.05) is 12.1 Å².